The number of halogens is 3. The predicted molar refractivity (Wildman–Crippen MR) is 75.7 cm³/mol. The third-order valence-electron chi connectivity index (χ3n) is 2.29. The zero-order valence-electron chi connectivity index (χ0n) is 9.45. The van der Waals surface area contributed by atoms with Gasteiger partial charge in [-0.15, -0.1) is 0 Å². The number of hydrogen-bond acceptors (Lipinski definition) is 3. The highest BCUT2D eigenvalue weighted by Crippen LogP contribution is 2.23. The molecule has 3 N–H and O–H groups in total. The van der Waals surface area contributed by atoms with Crippen molar-refractivity contribution < 1.29 is 9.18 Å². The molecule has 0 saturated heterocycles. The number of rotatable bonds is 2. The van der Waals surface area contributed by atoms with Crippen LogP contribution in [0.3, 0.4) is 0 Å². The number of nitrogen functional groups attached to an aromatic ring is 1. The van der Waals surface area contributed by atoms with Crippen molar-refractivity contribution in [1.29, 1.82) is 0 Å². The maximum absolute atomic E-state index is 13.5. The van der Waals surface area contributed by atoms with Crippen molar-refractivity contribution in [2.75, 3.05) is 11.1 Å². The Kier molecular flexibility index (Phi) is 4.01. The molecule has 0 fully saturated rings. The van der Waals surface area contributed by atoms with Gasteiger partial charge in [0, 0.05) is 5.69 Å². The van der Waals surface area contributed by atoms with Crippen LogP contribution >= 0.6 is 27.5 Å². The van der Waals surface area contributed by atoms with Crippen molar-refractivity contribution in [2.24, 2.45) is 0 Å². The van der Waals surface area contributed by atoms with Crippen LogP contribution in [-0.4, -0.2) is 10.9 Å². The Morgan fingerprint density at radius 2 is 2.16 bits per heavy atom. The Morgan fingerprint density at radius 1 is 1.42 bits per heavy atom. The number of hydrogen-bond donors (Lipinski definition) is 2. The summed E-state index contributed by atoms with van der Waals surface area (Å²) in [6, 6.07) is 5.35. The Balaban J connectivity index is 2.25. The van der Waals surface area contributed by atoms with Crippen LogP contribution in [0.1, 0.15) is 10.4 Å². The van der Waals surface area contributed by atoms with Crippen LogP contribution in [0, 0.1) is 5.82 Å². The second-order valence-electron chi connectivity index (χ2n) is 3.69. The van der Waals surface area contributed by atoms with Crippen molar-refractivity contribution >= 4 is 44.8 Å². The van der Waals surface area contributed by atoms with Crippen molar-refractivity contribution in [3.8, 4) is 0 Å². The van der Waals surface area contributed by atoms with Crippen LogP contribution in [-0.2, 0) is 0 Å². The number of nitrogens with one attached hydrogen (secondary N) is 1. The van der Waals surface area contributed by atoms with E-state index in [9.17, 15) is 9.18 Å². The number of nitrogens with zero attached hydrogens (tertiary/aromatic N) is 1. The lowest BCUT2D eigenvalue weighted by Crippen LogP contribution is -2.14. The predicted octanol–water partition coefficient (Wildman–Crippen LogP) is 3.47. The first-order valence-electron chi connectivity index (χ1n) is 5.15. The summed E-state index contributed by atoms with van der Waals surface area (Å²) in [6.07, 6.45) is 1.37. The normalized spacial score (nSPS) is 10.3. The van der Waals surface area contributed by atoms with Crippen molar-refractivity contribution in [3.63, 3.8) is 0 Å². The van der Waals surface area contributed by atoms with Crippen LogP contribution in [0.15, 0.2) is 34.9 Å². The Morgan fingerprint density at radius 3 is 2.84 bits per heavy atom. The number of amides is 1. The molecule has 4 nitrogen and oxygen atoms in total. The third kappa shape index (κ3) is 3.21. The fourth-order valence-electron chi connectivity index (χ4n) is 1.40. The van der Waals surface area contributed by atoms with Gasteiger partial charge in [-0.1, -0.05) is 11.6 Å². The molecule has 0 saturated carbocycles. The van der Waals surface area contributed by atoms with Crippen LogP contribution in [0.4, 0.5) is 15.8 Å². The molecule has 98 valence electrons. The van der Waals surface area contributed by atoms with E-state index in [0.29, 0.717) is 15.8 Å². The van der Waals surface area contributed by atoms with Gasteiger partial charge in [0.25, 0.3) is 5.91 Å². The lowest BCUT2D eigenvalue weighted by molar-refractivity contribution is 0.102. The Bertz CT molecular complexity index is 651. The maximum Gasteiger partial charge on any atom is 0.258 e. The minimum atomic E-state index is -0.646. The summed E-state index contributed by atoms with van der Waals surface area (Å²) in [6.45, 7) is 0. The van der Waals surface area contributed by atoms with E-state index in [1.54, 1.807) is 6.07 Å². The van der Waals surface area contributed by atoms with Gasteiger partial charge in [-0.3, -0.25) is 4.79 Å². The minimum Gasteiger partial charge on any atom is -0.399 e. The molecule has 1 heterocycles. The van der Waals surface area contributed by atoms with Gasteiger partial charge in [-0.05, 0) is 40.2 Å². The molecule has 0 atom stereocenters. The quantitative estimate of drug-likeness (QED) is 0.647. The SMILES string of the molecule is Nc1ccc(F)c(C(=O)Nc2cnc(Cl)c(Br)c2)c1. The lowest BCUT2D eigenvalue weighted by Gasteiger charge is -2.07. The van der Waals surface area contributed by atoms with Crippen molar-refractivity contribution in [1.82, 2.24) is 4.98 Å². The molecule has 1 aromatic carbocycles. The first kappa shape index (κ1) is 13.8. The minimum absolute atomic E-state index is 0.133. The number of carbonyl (C=O) groups is 1. The molecule has 7 heteroatoms. The number of aromatic nitrogens is 1. The standard InChI is InChI=1S/C12H8BrClFN3O/c13-9-4-7(5-17-11(9)14)18-12(19)8-3-6(16)1-2-10(8)15/h1-5H,16H2,(H,18,19). The molecule has 19 heavy (non-hydrogen) atoms. The van der Waals surface area contributed by atoms with E-state index in [2.05, 4.69) is 26.2 Å². The number of pyridine rings is 1. The van der Waals surface area contributed by atoms with E-state index in [1.165, 1.54) is 18.3 Å². The monoisotopic (exact) mass is 343 g/mol. The Hall–Kier alpha value is -1.66. The molecular formula is C12H8BrClFN3O. The van der Waals surface area contributed by atoms with E-state index in [0.717, 1.165) is 6.07 Å². The van der Waals surface area contributed by atoms with Crippen molar-refractivity contribution in [2.45, 2.75) is 0 Å². The molecule has 0 radical (unpaired) electrons. The first-order valence-corrected chi connectivity index (χ1v) is 6.32. The molecule has 1 amide bonds. The molecule has 0 aliphatic carbocycles. The van der Waals surface area contributed by atoms with Gasteiger partial charge >= 0.3 is 0 Å². The zero-order chi connectivity index (χ0) is 14.0. The molecule has 0 aliphatic rings. The largest absolute Gasteiger partial charge is 0.399 e. The van der Waals surface area contributed by atoms with Gasteiger partial charge in [0.2, 0.25) is 0 Å². The molecule has 1 aromatic heterocycles. The third-order valence-corrected chi connectivity index (χ3v) is 3.42. The van der Waals surface area contributed by atoms with Gasteiger partial charge in [-0.2, -0.15) is 0 Å². The van der Waals surface area contributed by atoms with Gasteiger partial charge in [0.05, 0.1) is 21.9 Å². The highest BCUT2D eigenvalue weighted by atomic mass is 79.9. The van der Waals surface area contributed by atoms with Crippen LogP contribution in [0.2, 0.25) is 5.15 Å². The van der Waals surface area contributed by atoms with Crippen LogP contribution < -0.4 is 11.1 Å². The smallest absolute Gasteiger partial charge is 0.258 e. The lowest BCUT2D eigenvalue weighted by atomic mass is 10.1. The molecule has 0 bridgehead atoms. The molecule has 0 spiro atoms. The van der Waals surface area contributed by atoms with E-state index in [1.807, 2.05) is 0 Å². The van der Waals surface area contributed by atoms with Gasteiger partial charge in [0.15, 0.2) is 0 Å². The van der Waals surface area contributed by atoms with Crippen LogP contribution in [0.5, 0.6) is 0 Å². The fraction of sp³-hybridized carbons (Fsp3) is 0. The van der Waals surface area contributed by atoms with Gasteiger partial charge in [-0.25, -0.2) is 9.37 Å². The zero-order valence-corrected chi connectivity index (χ0v) is 11.8. The molecule has 2 aromatic rings. The second-order valence-corrected chi connectivity index (χ2v) is 4.90. The maximum atomic E-state index is 13.5. The number of nitrogens with two attached hydrogens (primary N) is 1. The first-order chi connectivity index (χ1) is 8.97. The van der Waals surface area contributed by atoms with Gasteiger partial charge in [0.1, 0.15) is 11.0 Å². The topological polar surface area (TPSA) is 68.0 Å². The van der Waals surface area contributed by atoms with E-state index in [4.69, 9.17) is 17.3 Å². The average molecular weight is 345 g/mol. The van der Waals surface area contributed by atoms with E-state index < -0.39 is 11.7 Å². The Labute approximate surface area is 121 Å². The van der Waals surface area contributed by atoms with Gasteiger partial charge < -0.3 is 11.1 Å². The highest BCUT2D eigenvalue weighted by molar-refractivity contribution is 9.10. The summed E-state index contributed by atoms with van der Waals surface area (Å²) >= 11 is 8.91. The summed E-state index contributed by atoms with van der Waals surface area (Å²) < 4.78 is 14.0. The second kappa shape index (κ2) is 5.54. The van der Waals surface area contributed by atoms with E-state index in [-0.39, 0.29) is 10.7 Å². The fourth-order valence-corrected chi connectivity index (χ4v) is 1.86. The summed E-state index contributed by atoms with van der Waals surface area (Å²) in [5.41, 5.74) is 6.08. The van der Waals surface area contributed by atoms with Crippen molar-refractivity contribution in [3.05, 3.63) is 51.5 Å². The molecule has 2 rings (SSSR count). The van der Waals surface area contributed by atoms with Crippen LogP contribution in [0.25, 0.3) is 0 Å². The summed E-state index contributed by atoms with van der Waals surface area (Å²) in [4.78, 5) is 15.8. The number of anilines is 2. The van der Waals surface area contributed by atoms with E-state index >= 15 is 0 Å². The molecular weight excluding hydrogens is 337 g/mol. The number of benzene rings is 1. The molecule has 0 aliphatic heterocycles. The number of carbonyl (C=O) groups excluding carboxylic acids is 1. The summed E-state index contributed by atoms with van der Waals surface area (Å²) in [5, 5.41) is 2.78. The highest BCUT2D eigenvalue weighted by Gasteiger charge is 2.13. The average Bonchev–Trinajstić information content (AvgIpc) is 2.36. The summed E-state index contributed by atoms with van der Waals surface area (Å²) in [7, 11) is 0. The summed E-state index contributed by atoms with van der Waals surface area (Å²) in [5.74, 6) is -1.26. The molecule has 0 unspecified atom stereocenters.